The van der Waals surface area contributed by atoms with Gasteiger partial charge in [0, 0.05) is 13.0 Å². The molecule has 1 aromatic carbocycles. The summed E-state index contributed by atoms with van der Waals surface area (Å²) in [4.78, 5) is 22.2. The van der Waals surface area contributed by atoms with E-state index in [0.717, 1.165) is 6.92 Å². The summed E-state index contributed by atoms with van der Waals surface area (Å²) in [6.07, 6.45) is -0.179. The first-order valence-corrected chi connectivity index (χ1v) is 7.91. The average molecular weight is 330 g/mol. The second kappa shape index (κ2) is 7.34. The van der Waals surface area contributed by atoms with E-state index in [2.05, 4.69) is 10.0 Å². The van der Waals surface area contributed by atoms with Crippen LogP contribution >= 0.6 is 0 Å². The van der Waals surface area contributed by atoms with Crippen molar-refractivity contribution in [2.75, 3.05) is 13.1 Å². The number of amides is 1. The van der Waals surface area contributed by atoms with Gasteiger partial charge in [-0.15, -0.1) is 0 Å². The second-order valence-corrected chi connectivity index (χ2v) is 6.58. The highest BCUT2D eigenvalue weighted by molar-refractivity contribution is 7.89. The number of nitrogens with one attached hydrogen (secondary N) is 2. The highest BCUT2D eigenvalue weighted by Crippen LogP contribution is 2.06. The fraction of sp³-hybridized carbons (Fsp3) is 0.385. The summed E-state index contributed by atoms with van der Waals surface area (Å²) in [7, 11) is -3.69. The number of carbonyl (C=O) groups excluding carboxylic acids is 1. The van der Waals surface area contributed by atoms with Gasteiger partial charge in [0.05, 0.1) is 11.4 Å². The minimum Gasteiger partial charge on any atom is -0.479 e. The Morgan fingerprint density at radius 3 is 2.36 bits per heavy atom. The number of benzene rings is 1. The van der Waals surface area contributed by atoms with Gasteiger partial charge >= 0.3 is 5.97 Å². The van der Waals surface area contributed by atoms with Crippen LogP contribution in [0.5, 0.6) is 0 Å². The maximum absolute atomic E-state index is 11.9. The number of carboxylic acid groups (broad SMARTS) is 1. The number of aliphatic hydroxyl groups is 1. The summed E-state index contributed by atoms with van der Waals surface area (Å²) in [6, 6.07) is 7.68. The monoisotopic (exact) mass is 330 g/mol. The van der Waals surface area contributed by atoms with Gasteiger partial charge in [0.15, 0.2) is 5.60 Å². The van der Waals surface area contributed by atoms with Crippen LogP contribution in [0.1, 0.15) is 13.3 Å². The number of carboxylic acids is 1. The molecule has 1 amide bonds. The number of rotatable bonds is 8. The lowest BCUT2D eigenvalue weighted by Gasteiger charge is -2.18. The van der Waals surface area contributed by atoms with Gasteiger partial charge in [0.25, 0.3) is 0 Å². The molecule has 0 heterocycles. The zero-order valence-electron chi connectivity index (χ0n) is 11.9. The van der Waals surface area contributed by atoms with Crippen LogP contribution in [0.15, 0.2) is 35.2 Å². The molecule has 1 aromatic rings. The van der Waals surface area contributed by atoms with Crippen molar-refractivity contribution in [2.24, 2.45) is 0 Å². The van der Waals surface area contributed by atoms with Crippen LogP contribution in [0, 0.1) is 0 Å². The molecule has 9 heteroatoms. The summed E-state index contributed by atoms with van der Waals surface area (Å²) >= 11 is 0. The first-order chi connectivity index (χ1) is 10.1. The molecule has 1 unspecified atom stereocenters. The number of hydrogen-bond donors (Lipinski definition) is 4. The number of carbonyl (C=O) groups is 2. The third-order valence-corrected chi connectivity index (χ3v) is 4.27. The quantitative estimate of drug-likeness (QED) is 0.498. The van der Waals surface area contributed by atoms with Crippen LogP contribution in [-0.2, 0) is 19.6 Å². The number of aliphatic carboxylic acids is 1. The minimum absolute atomic E-state index is 0.0872. The van der Waals surface area contributed by atoms with E-state index in [1.54, 1.807) is 18.2 Å². The normalized spacial score (nSPS) is 14.1. The van der Waals surface area contributed by atoms with Crippen LogP contribution in [0.4, 0.5) is 0 Å². The molecular formula is C13H18N2O6S. The molecule has 0 saturated carbocycles. The van der Waals surface area contributed by atoms with Crippen LogP contribution in [0.3, 0.4) is 0 Å². The molecule has 122 valence electrons. The summed E-state index contributed by atoms with van der Waals surface area (Å²) in [6.45, 7) is 0.443. The number of hydrogen-bond acceptors (Lipinski definition) is 5. The molecule has 0 fully saturated rings. The SMILES string of the molecule is CC(O)(CNC(=O)CCNS(=O)(=O)c1ccccc1)C(=O)O. The van der Waals surface area contributed by atoms with Crippen molar-refractivity contribution in [2.45, 2.75) is 23.8 Å². The topological polar surface area (TPSA) is 133 Å². The summed E-state index contributed by atoms with van der Waals surface area (Å²) < 4.78 is 26.0. The van der Waals surface area contributed by atoms with Crippen molar-refractivity contribution < 1.29 is 28.2 Å². The van der Waals surface area contributed by atoms with Crippen molar-refractivity contribution in [1.82, 2.24) is 10.0 Å². The van der Waals surface area contributed by atoms with Crippen LogP contribution in [0.25, 0.3) is 0 Å². The molecule has 0 aromatic heterocycles. The van der Waals surface area contributed by atoms with Gasteiger partial charge in [-0.3, -0.25) is 4.79 Å². The van der Waals surface area contributed by atoms with Gasteiger partial charge in [0.2, 0.25) is 15.9 Å². The molecule has 0 saturated heterocycles. The van der Waals surface area contributed by atoms with Crippen molar-refractivity contribution in [3.05, 3.63) is 30.3 Å². The van der Waals surface area contributed by atoms with E-state index in [4.69, 9.17) is 5.11 Å². The number of sulfonamides is 1. The molecule has 0 aliphatic rings. The van der Waals surface area contributed by atoms with Crippen LogP contribution in [-0.4, -0.2) is 49.2 Å². The summed E-state index contributed by atoms with van der Waals surface area (Å²) in [5.41, 5.74) is -2.07. The lowest BCUT2D eigenvalue weighted by atomic mass is 10.1. The zero-order valence-corrected chi connectivity index (χ0v) is 12.8. The predicted molar refractivity (Wildman–Crippen MR) is 77.5 cm³/mol. The van der Waals surface area contributed by atoms with Gasteiger partial charge < -0.3 is 15.5 Å². The molecule has 8 nitrogen and oxygen atoms in total. The van der Waals surface area contributed by atoms with Gasteiger partial charge in [-0.05, 0) is 19.1 Å². The Bertz CT molecular complexity index is 627. The maximum Gasteiger partial charge on any atom is 0.337 e. The molecule has 0 aliphatic heterocycles. The Kier molecular flexibility index (Phi) is 6.03. The second-order valence-electron chi connectivity index (χ2n) is 4.82. The lowest BCUT2D eigenvalue weighted by Crippen LogP contribution is -2.47. The first kappa shape index (κ1) is 18.1. The molecule has 0 bridgehead atoms. The maximum atomic E-state index is 11.9. The summed E-state index contributed by atoms with van der Waals surface area (Å²) in [5.74, 6) is -2.03. The van der Waals surface area contributed by atoms with Gasteiger partial charge in [-0.25, -0.2) is 17.9 Å². The fourth-order valence-corrected chi connectivity index (χ4v) is 2.47. The third kappa shape index (κ3) is 5.43. The summed E-state index contributed by atoms with van der Waals surface area (Å²) in [5, 5.41) is 20.3. The Labute approximate surface area is 128 Å². The van der Waals surface area contributed by atoms with Crippen molar-refractivity contribution in [3.63, 3.8) is 0 Å². The minimum atomic E-state index is -3.69. The molecule has 0 spiro atoms. The van der Waals surface area contributed by atoms with E-state index in [-0.39, 0.29) is 17.9 Å². The van der Waals surface area contributed by atoms with Crippen molar-refractivity contribution >= 4 is 21.9 Å². The van der Waals surface area contributed by atoms with Crippen molar-refractivity contribution in [3.8, 4) is 0 Å². The predicted octanol–water partition coefficient (Wildman–Crippen LogP) is -0.693. The molecule has 0 radical (unpaired) electrons. The van der Waals surface area contributed by atoms with E-state index in [1.165, 1.54) is 12.1 Å². The Hall–Kier alpha value is -1.97. The molecule has 1 atom stereocenters. The first-order valence-electron chi connectivity index (χ1n) is 6.42. The molecule has 4 N–H and O–H groups in total. The van der Waals surface area contributed by atoms with E-state index in [1.807, 2.05) is 0 Å². The standard InChI is InChI=1S/C13H18N2O6S/c1-13(19,12(17)18)9-14-11(16)7-8-15-22(20,21)10-5-3-2-4-6-10/h2-6,15,19H,7-9H2,1H3,(H,14,16)(H,17,18). The smallest absolute Gasteiger partial charge is 0.337 e. The van der Waals surface area contributed by atoms with Gasteiger partial charge in [-0.2, -0.15) is 0 Å². The highest BCUT2D eigenvalue weighted by Gasteiger charge is 2.30. The Morgan fingerprint density at radius 1 is 1.23 bits per heavy atom. The molecule has 0 aliphatic carbocycles. The van der Waals surface area contributed by atoms with E-state index in [9.17, 15) is 23.1 Å². The average Bonchev–Trinajstić information content (AvgIpc) is 2.46. The van der Waals surface area contributed by atoms with Gasteiger partial charge in [0.1, 0.15) is 0 Å². The Balaban J connectivity index is 2.41. The van der Waals surface area contributed by atoms with E-state index < -0.39 is 34.0 Å². The van der Waals surface area contributed by atoms with E-state index >= 15 is 0 Å². The lowest BCUT2D eigenvalue weighted by molar-refractivity contribution is -0.156. The third-order valence-electron chi connectivity index (χ3n) is 2.79. The van der Waals surface area contributed by atoms with E-state index in [0.29, 0.717) is 0 Å². The molecular weight excluding hydrogens is 312 g/mol. The fourth-order valence-electron chi connectivity index (χ4n) is 1.42. The Morgan fingerprint density at radius 2 is 1.82 bits per heavy atom. The highest BCUT2D eigenvalue weighted by atomic mass is 32.2. The largest absolute Gasteiger partial charge is 0.479 e. The van der Waals surface area contributed by atoms with Gasteiger partial charge in [-0.1, -0.05) is 18.2 Å². The zero-order chi connectivity index (χ0) is 16.8. The van der Waals surface area contributed by atoms with Crippen LogP contribution in [0.2, 0.25) is 0 Å². The van der Waals surface area contributed by atoms with Crippen LogP contribution < -0.4 is 10.0 Å². The molecule has 1 rings (SSSR count). The van der Waals surface area contributed by atoms with Crippen molar-refractivity contribution in [1.29, 1.82) is 0 Å². The molecule has 22 heavy (non-hydrogen) atoms.